The molecular weight excluding hydrogens is 474 g/mol. The molecule has 0 saturated heterocycles. The molecule has 1 saturated carbocycles. The van der Waals surface area contributed by atoms with Gasteiger partial charge < -0.3 is 10.2 Å². The number of nitrogens with zero attached hydrogens (tertiary/aromatic N) is 1. The molecule has 35 heavy (non-hydrogen) atoms. The van der Waals surface area contributed by atoms with Crippen molar-refractivity contribution in [3.8, 4) is 0 Å². The Morgan fingerprint density at radius 1 is 1.09 bits per heavy atom. The number of hydrogen-bond donors (Lipinski definition) is 2. The van der Waals surface area contributed by atoms with Gasteiger partial charge in [-0.2, -0.15) is 4.31 Å². The van der Waals surface area contributed by atoms with Crippen molar-refractivity contribution in [1.82, 2.24) is 4.31 Å². The minimum absolute atomic E-state index is 0.181. The predicted molar refractivity (Wildman–Crippen MR) is 142 cm³/mol. The van der Waals surface area contributed by atoms with Crippen molar-refractivity contribution in [2.24, 2.45) is 5.92 Å². The van der Waals surface area contributed by atoms with Crippen LogP contribution in [0.3, 0.4) is 0 Å². The molecule has 190 valence electrons. The minimum atomic E-state index is -3.60. The Balaban J connectivity index is 1.60. The van der Waals surface area contributed by atoms with Gasteiger partial charge in [0.1, 0.15) is 11.7 Å². The van der Waals surface area contributed by atoms with E-state index in [4.69, 9.17) is 0 Å². The van der Waals surface area contributed by atoms with Crippen LogP contribution in [0.15, 0.2) is 62.7 Å². The monoisotopic (exact) mass is 513 g/mol. The van der Waals surface area contributed by atoms with E-state index in [-0.39, 0.29) is 5.92 Å². The first-order valence-electron chi connectivity index (χ1n) is 13.3. The molecule has 0 radical (unpaired) electrons. The van der Waals surface area contributed by atoms with Gasteiger partial charge in [0.15, 0.2) is 0 Å². The summed E-state index contributed by atoms with van der Waals surface area (Å²) in [5.74, 6) is 0.181. The van der Waals surface area contributed by atoms with Gasteiger partial charge in [-0.25, -0.2) is 8.42 Å². The van der Waals surface area contributed by atoms with Crippen molar-refractivity contribution in [1.29, 1.82) is 0 Å². The quantitative estimate of drug-likeness (QED) is 0.532. The van der Waals surface area contributed by atoms with E-state index in [1.807, 2.05) is 19.1 Å². The van der Waals surface area contributed by atoms with Gasteiger partial charge in [0.05, 0.1) is 13.0 Å². The standard InChI is InChI=1S/C28H39NO4SSi/c1-5-35(6-2,7-3)24-16-22-18-29(34(32,33)23-12-10-19(4)11-13-23)17-21(22)15-20-9-8-14-28(31)26(20)25(24)27(28)30/h10-13,16,20,27,30-31H,5-9,14-15,17-18H2,1-4H3/b24-16+/t20-,27-,28+/m0/s1. The fourth-order valence-corrected chi connectivity index (χ4v) is 12.5. The van der Waals surface area contributed by atoms with Gasteiger partial charge in [0, 0.05) is 13.1 Å². The fourth-order valence-electron chi connectivity index (χ4n) is 7.15. The molecule has 1 aromatic carbocycles. The maximum atomic E-state index is 13.6. The molecule has 0 aromatic heterocycles. The van der Waals surface area contributed by atoms with E-state index in [0.717, 1.165) is 59.7 Å². The maximum Gasteiger partial charge on any atom is 0.243 e. The molecule has 3 atom stereocenters. The van der Waals surface area contributed by atoms with E-state index < -0.39 is 29.8 Å². The molecule has 2 N–H and O–H groups in total. The highest BCUT2D eigenvalue weighted by molar-refractivity contribution is 7.89. The predicted octanol–water partition coefficient (Wildman–Crippen LogP) is 4.88. The summed E-state index contributed by atoms with van der Waals surface area (Å²) in [5.41, 5.74) is 4.32. The smallest absolute Gasteiger partial charge is 0.243 e. The second kappa shape index (κ2) is 8.80. The Morgan fingerprint density at radius 3 is 2.37 bits per heavy atom. The minimum Gasteiger partial charge on any atom is -0.385 e. The third kappa shape index (κ3) is 3.69. The Bertz CT molecular complexity index is 1220. The topological polar surface area (TPSA) is 77.8 Å². The molecule has 3 aliphatic carbocycles. The zero-order valence-electron chi connectivity index (χ0n) is 21.5. The van der Waals surface area contributed by atoms with E-state index >= 15 is 0 Å². The first kappa shape index (κ1) is 25.1. The molecular formula is C28H39NO4SSi. The Labute approximate surface area is 211 Å². The summed E-state index contributed by atoms with van der Waals surface area (Å²) in [4.78, 5) is 0.341. The molecule has 1 aromatic rings. The summed E-state index contributed by atoms with van der Waals surface area (Å²) in [6.45, 7) is 9.54. The fraction of sp³-hybridized carbons (Fsp3) is 0.571. The van der Waals surface area contributed by atoms with E-state index in [0.29, 0.717) is 24.4 Å². The van der Waals surface area contributed by atoms with Gasteiger partial charge in [-0.15, -0.1) is 0 Å². The van der Waals surface area contributed by atoms with Crippen LogP contribution in [0.2, 0.25) is 18.1 Å². The van der Waals surface area contributed by atoms with E-state index in [2.05, 4.69) is 26.8 Å². The van der Waals surface area contributed by atoms with Crippen LogP contribution in [0.5, 0.6) is 0 Å². The first-order chi connectivity index (χ1) is 16.6. The zero-order valence-corrected chi connectivity index (χ0v) is 23.3. The SMILES string of the molecule is CC[Si](CC)(CC)/C1=C/C2=C(C[C@@H]3CCC[C@@]4(O)C3=C1[C@@H]4O)CN(S(=O)(=O)c1ccc(C)cc1)C2. The molecule has 5 rings (SSSR count). The third-order valence-electron chi connectivity index (χ3n) is 9.53. The lowest BCUT2D eigenvalue weighted by Gasteiger charge is -2.55. The molecule has 4 aliphatic rings. The Hall–Kier alpha value is -1.51. The number of benzene rings is 1. The van der Waals surface area contributed by atoms with Gasteiger partial charge >= 0.3 is 0 Å². The maximum absolute atomic E-state index is 13.6. The van der Waals surface area contributed by atoms with Gasteiger partial charge in [-0.05, 0) is 73.0 Å². The molecule has 7 heteroatoms. The number of rotatable bonds is 6. The van der Waals surface area contributed by atoms with Crippen LogP contribution < -0.4 is 0 Å². The molecule has 0 bridgehead atoms. The highest BCUT2D eigenvalue weighted by atomic mass is 32.2. The number of hydrogen-bond acceptors (Lipinski definition) is 4. The normalized spacial score (nSPS) is 30.7. The van der Waals surface area contributed by atoms with Crippen LogP contribution in [0.4, 0.5) is 0 Å². The summed E-state index contributed by atoms with van der Waals surface area (Å²) in [6.07, 6.45) is 4.71. The average Bonchev–Trinajstić information content (AvgIpc) is 3.23. The number of sulfonamides is 1. The highest BCUT2D eigenvalue weighted by Crippen LogP contribution is 2.57. The second-order valence-electron chi connectivity index (χ2n) is 11.1. The largest absolute Gasteiger partial charge is 0.385 e. The number of aliphatic hydroxyl groups is 2. The van der Waals surface area contributed by atoms with E-state index in [1.54, 1.807) is 16.4 Å². The van der Waals surface area contributed by atoms with Crippen LogP contribution in [0.1, 0.15) is 52.0 Å². The summed E-state index contributed by atoms with van der Waals surface area (Å²) in [5, 5.41) is 24.0. The van der Waals surface area contributed by atoms with Gasteiger partial charge in [-0.1, -0.05) is 67.9 Å². The van der Waals surface area contributed by atoms with Crippen molar-refractivity contribution in [3.05, 3.63) is 63.4 Å². The molecule has 5 nitrogen and oxygen atoms in total. The van der Waals surface area contributed by atoms with Crippen molar-refractivity contribution < 1.29 is 18.6 Å². The van der Waals surface area contributed by atoms with Crippen LogP contribution >= 0.6 is 0 Å². The number of aliphatic hydroxyl groups excluding tert-OH is 1. The third-order valence-corrected chi connectivity index (χ3v) is 17.0. The van der Waals surface area contributed by atoms with Crippen molar-refractivity contribution >= 4 is 18.1 Å². The van der Waals surface area contributed by atoms with E-state index in [1.165, 1.54) is 10.8 Å². The van der Waals surface area contributed by atoms with Gasteiger partial charge in [-0.3, -0.25) is 0 Å². The summed E-state index contributed by atoms with van der Waals surface area (Å²) in [7, 11) is -5.52. The summed E-state index contributed by atoms with van der Waals surface area (Å²) in [6, 6.07) is 10.3. The molecule has 0 spiro atoms. The Kier molecular flexibility index (Phi) is 6.33. The van der Waals surface area contributed by atoms with Crippen molar-refractivity contribution in [2.75, 3.05) is 13.1 Å². The second-order valence-corrected chi connectivity index (χ2v) is 18.2. The average molecular weight is 514 g/mol. The molecule has 1 aliphatic heterocycles. The van der Waals surface area contributed by atoms with Crippen LogP contribution in [-0.2, 0) is 10.0 Å². The van der Waals surface area contributed by atoms with E-state index in [9.17, 15) is 18.6 Å². The van der Waals surface area contributed by atoms with Crippen LogP contribution in [0.25, 0.3) is 0 Å². The molecule has 1 heterocycles. The number of aryl methyl sites for hydroxylation is 1. The lowest BCUT2D eigenvalue weighted by Crippen LogP contribution is -2.60. The lowest BCUT2D eigenvalue weighted by molar-refractivity contribution is -0.0806. The van der Waals surface area contributed by atoms with Crippen molar-refractivity contribution in [2.45, 2.75) is 88.1 Å². The van der Waals surface area contributed by atoms with Gasteiger partial charge in [0.25, 0.3) is 0 Å². The van der Waals surface area contributed by atoms with Crippen molar-refractivity contribution in [3.63, 3.8) is 0 Å². The molecule has 0 unspecified atom stereocenters. The lowest BCUT2D eigenvalue weighted by atomic mass is 9.57. The van der Waals surface area contributed by atoms with Gasteiger partial charge in [0.2, 0.25) is 10.0 Å². The zero-order chi connectivity index (χ0) is 25.2. The highest BCUT2D eigenvalue weighted by Gasteiger charge is 2.58. The summed E-state index contributed by atoms with van der Waals surface area (Å²) < 4.78 is 28.7. The summed E-state index contributed by atoms with van der Waals surface area (Å²) >= 11 is 0. The Morgan fingerprint density at radius 2 is 1.74 bits per heavy atom. The molecule has 1 fully saturated rings. The van der Waals surface area contributed by atoms with Crippen LogP contribution in [-0.4, -0.2) is 55.8 Å². The first-order valence-corrected chi connectivity index (χ1v) is 17.3. The van der Waals surface area contributed by atoms with Crippen LogP contribution in [0, 0.1) is 12.8 Å². The molecule has 0 amide bonds.